The first-order chi connectivity index (χ1) is 8.97. The number of rotatable bonds is 10. The summed E-state index contributed by atoms with van der Waals surface area (Å²) < 4.78 is 5.03. The van der Waals surface area contributed by atoms with Crippen LogP contribution < -0.4 is 56.5 Å². The Hall–Kier alpha value is 0.316. The van der Waals surface area contributed by atoms with Gasteiger partial charge in [-0.3, -0.25) is 4.79 Å². The standard InChI is InChI=1S/C15H26O4.K/c1-4-5-6-7-8-9-10-13(11-14(16)17)15(18)19-12(2)3;/h9-10,12-13H,4-8,11H2,1-3H3,(H,16,17);/q;+1/p-1. The summed E-state index contributed by atoms with van der Waals surface area (Å²) in [5.41, 5.74) is 0. The van der Waals surface area contributed by atoms with E-state index in [0.29, 0.717) is 0 Å². The van der Waals surface area contributed by atoms with Crippen molar-refractivity contribution < 1.29 is 70.8 Å². The van der Waals surface area contributed by atoms with Crippen molar-refractivity contribution in [3.05, 3.63) is 12.2 Å². The number of allylic oxidation sites excluding steroid dienone is 1. The third kappa shape index (κ3) is 13.3. The van der Waals surface area contributed by atoms with Crippen LogP contribution in [0.3, 0.4) is 0 Å². The zero-order valence-electron chi connectivity index (χ0n) is 13.2. The first-order valence-corrected chi connectivity index (χ1v) is 7.04. The Morgan fingerprint density at radius 2 is 1.85 bits per heavy atom. The fraction of sp³-hybridized carbons (Fsp3) is 0.733. The monoisotopic (exact) mass is 308 g/mol. The number of carbonyl (C=O) groups excluding carboxylic acids is 2. The molecule has 0 amide bonds. The molecule has 110 valence electrons. The topological polar surface area (TPSA) is 66.4 Å². The summed E-state index contributed by atoms with van der Waals surface area (Å²) in [5.74, 6) is -2.47. The van der Waals surface area contributed by atoms with Crippen molar-refractivity contribution >= 4 is 11.9 Å². The fourth-order valence-corrected chi connectivity index (χ4v) is 1.68. The van der Waals surface area contributed by atoms with Gasteiger partial charge in [-0.15, -0.1) is 0 Å². The molecule has 0 bridgehead atoms. The van der Waals surface area contributed by atoms with Crippen LogP contribution in [0.4, 0.5) is 0 Å². The summed E-state index contributed by atoms with van der Waals surface area (Å²) in [5, 5.41) is 10.6. The molecule has 0 fully saturated rings. The predicted octanol–water partition coefficient (Wildman–Crippen LogP) is -0.775. The van der Waals surface area contributed by atoms with Gasteiger partial charge >= 0.3 is 57.4 Å². The van der Waals surface area contributed by atoms with Crippen LogP contribution in [0.1, 0.15) is 59.3 Å². The van der Waals surface area contributed by atoms with Gasteiger partial charge in [-0.1, -0.05) is 38.3 Å². The largest absolute Gasteiger partial charge is 1.00 e. The molecule has 0 aromatic rings. The molecule has 0 aliphatic rings. The van der Waals surface area contributed by atoms with Gasteiger partial charge in [0, 0.05) is 12.4 Å². The number of carbonyl (C=O) groups is 2. The quantitative estimate of drug-likeness (QED) is 0.230. The second-order valence-electron chi connectivity index (χ2n) is 4.95. The number of carboxylic acids is 1. The molecule has 0 saturated heterocycles. The Morgan fingerprint density at radius 3 is 2.35 bits per heavy atom. The maximum atomic E-state index is 11.7. The van der Waals surface area contributed by atoms with Crippen molar-refractivity contribution in [1.29, 1.82) is 0 Å². The van der Waals surface area contributed by atoms with E-state index in [9.17, 15) is 14.7 Å². The van der Waals surface area contributed by atoms with Gasteiger partial charge in [0.25, 0.3) is 0 Å². The smallest absolute Gasteiger partial charge is 0.550 e. The van der Waals surface area contributed by atoms with Crippen molar-refractivity contribution in [2.75, 3.05) is 0 Å². The number of unbranched alkanes of at least 4 members (excludes halogenated alkanes) is 4. The molecule has 5 heteroatoms. The normalized spacial score (nSPS) is 12.2. The van der Waals surface area contributed by atoms with E-state index in [0.717, 1.165) is 19.3 Å². The van der Waals surface area contributed by atoms with E-state index >= 15 is 0 Å². The summed E-state index contributed by atoms with van der Waals surface area (Å²) in [6, 6.07) is 0. The van der Waals surface area contributed by atoms with E-state index in [4.69, 9.17) is 4.74 Å². The first-order valence-electron chi connectivity index (χ1n) is 7.04. The van der Waals surface area contributed by atoms with Gasteiger partial charge in [-0.05, 0) is 26.7 Å². The number of hydrogen-bond donors (Lipinski definition) is 0. The van der Waals surface area contributed by atoms with Crippen LogP contribution in [0.5, 0.6) is 0 Å². The number of ether oxygens (including phenoxy) is 1. The van der Waals surface area contributed by atoms with Crippen LogP contribution in [-0.4, -0.2) is 18.0 Å². The molecule has 0 heterocycles. The van der Waals surface area contributed by atoms with Crippen LogP contribution in [0.25, 0.3) is 0 Å². The Kier molecular flexibility index (Phi) is 16.1. The minimum atomic E-state index is -1.23. The van der Waals surface area contributed by atoms with Gasteiger partial charge in [0.15, 0.2) is 0 Å². The summed E-state index contributed by atoms with van der Waals surface area (Å²) in [6.07, 6.45) is 8.38. The van der Waals surface area contributed by atoms with Crippen molar-refractivity contribution in [2.45, 2.75) is 65.4 Å². The summed E-state index contributed by atoms with van der Waals surface area (Å²) >= 11 is 0. The molecule has 0 rings (SSSR count). The number of esters is 1. The van der Waals surface area contributed by atoms with E-state index in [-0.39, 0.29) is 63.9 Å². The second kappa shape index (κ2) is 14.3. The van der Waals surface area contributed by atoms with E-state index in [1.54, 1.807) is 19.9 Å². The average molecular weight is 308 g/mol. The van der Waals surface area contributed by atoms with E-state index in [1.807, 2.05) is 6.08 Å². The Morgan fingerprint density at radius 1 is 1.20 bits per heavy atom. The molecular formula is C15H25KO4. The maximum absolute atomic E-state index is 11.7. The molecule has 0 aromatic carbocycles. The Balaban J connectivity index is 0. The molecule has 0 saturated carbocycles. The SMILES string of the molecule is CCCCCCC=CC(CC(=O)[O-])C(=O)OC(C)C.[K+]. The van der Waals surface area contributed by atoms with Gasteiger partial charge in [-0.2, -0.15) is 0 Å². The van der Waals surface area contributed by atoms with Gasteiger partial charge in [0.2, 0.25) is 0 Å². The van der Waals surface area contributed by atoms with Gasteiger partial charge in [0.1, 0.15) is 0 Å². The van der Waals surface area contributed by atoms with Gasteiger partial charge in [0.05, 0.1) is 12.0 Å². The molecule has 0 N–H and O–H groups in total. The van der Waals surface area contributed by atoms with Crippen LogP contribution in [0, 0.1) is 5.92 Å². The molecule has 0 aliphatic heterocycles. The van der Waals surface area contributed by atoms with Crippen LogP contribution in [-0.2, 0) is 14.3 Å². The number of carboxylic acid groups (broad SMARTS) is 1. The molecule has 20 heavy (non-hydrogen) atoms. The third-order valence-corrected chi connectivity index (χ3v) is 2.63. The summed E-state index contributed by atoms with van der Waals surface area (Å²) in [7, 11) is 0. The van der Waals surface area contributed by atoms with Crippen molar-refractivity contribution in [1.82, 2.24) is 0 Å². The molecule has 0 aliphatic carbocycles. The predicted molar refractivity (Wildman–Crippen MR) is 72.2 cm³/mol. The molecular weight excluding hydrogens is 283 g/mol. The van der Waals surface area contributed by atoms with Crippen LogP contribution in [0.15, 0.2) is 12.2 Å². The van der Waals surface area contributed by atoms with E-state index in [2.05, 4.69) is 6.92 Å². The summed E-state index contributed by atoms with van der Waals surface area (Å²) in [6.45, 7) is 5.62. The maximum Gasteiger partial charge on any atom is 1.00 e. The molecule has 0 aromatic heterocycles. The van der Waals surface area contributed by atoms with Crippen molar-refractivity contribution in [3.63, 3.8) is 0 Å². The molecule has 1 atom stereocenters. The van der Waals surface area contributed by atoms with E-state index in [1.165, 1.54) is 12.8 Å². The Labute approximate surface area is 164 Å². The molecule has 1 unspecified atom stereocenters. The van der Waals surface area contributed by atoms with Gasteiger partial charge in [-0.25, -0.2) is 0 Å². The van der Waals surface area contributed by atoms with Crippen LogP contribution >= 0.6 is 0 Å². The van der Waals surface area contributed by atoms with Crippen molar-refractivity contribution in [2.24, 2.45) is 5.92 Å². The number of hydrogen-bond acceptors (Lipinski definition) is 4. The zero-order valence-corrected chi connectivity index (χ0v) is 16.3. The zero-order chi connectivity index (χ0) is 14.7. The second-order valence-corrected chi connectivity index (χ2v) is 4.95. The van der Waals surface area contributed by atoms with Crippen LogP contribution in [0.2, 0.25) is 0 Å². The Bertz CT molecular complexity index is 300. The minimum absolute atomic E-state index is 0. The average Bonchev–Trinajstić information content (AvgIpc) is 2.30. The molecule has 0 spiro atoms. The summed E-state index contributed by atoms with van der Waals surface area (Å²) in [4.78, 5) is 22.3. The fourth-order valence-electron chi connectivity index (χ4n) is 1.68. The molecule has 4 nitrogen and oxygen atoms in total. The van der Waals surface area contributed by atoms with Crippen molar-refractivity contribution in [3.8, 4) is 0 Å². The first kappa shape index (κ1) is 22.6. The molecule has 0 radical (unpaired) electrons. The third-order valence-electron chi connectivity index (χ3n) is 2.63. The minimum Gasteiger partial charge on any atom is -0.550 e. The van der Waals surface area contributed by atoms with E-state index < -0.39 is 17.9 Å². The van der Waals surface area contributed by atoms with Gasteiger partial charge < -0.3 is 14.6 Å². The number of aliphatic carboxylic acids is 1.